The van der Waals surface area contributed by atoms with Crippen LogP contribution in [0.3, 0.4) is 0 Å². The topological polar surface area (TPSA) is 23.9 Å². The predicted octanol–water partition coefficient (Wildman–Crippen LogP) is 4.23. The van der Waals surface area contributed by atoms with Gasteiger partial charge in [0.1, 0.15) is 0 Å². The van der Waals surface area contributed by atoms with Gasteiger partial charge in [0, 0.05) is 5.92 Å². The minimum absolute atomic E-state index is 0.476. The van der Waals surface area contributed by atoms with Gasteiger partial charge in [-0.25, -0.2) is 0 Å². The number of rotatable bonds is 3. The van der Waals surface area contributed by atoms with E-state index in [0.29, 0.717) is 5.92 Å². The molecule has 17 heavy (non-hydrogen) atoms. The second kappa shape index (κ2) is 4.17. The van der Waals surface area contributed by atoms with Gasteiger partial charge in [0.15, 0.2) is 0 Å². The Balaban J connectivity index is 2.13. The lowest BCUT2D eigenvalue weighted by molar-refractivity contribution is 0.763. The standard InChI is InChI=1S/C16H15N/c17-11-5-10-16-14-8-3-1-6-12(14)13-7-2-4-9-15(13)16/h1-4,6-9,11,16-17H,5,10H2. The summed E-state index contributed by atoms with van der Waals surface area (Å²) in [6.07, 6.45) is 3.41. The number of hydrogen-bond donors (Lipinski definition) is 1. The van der Waals surface area contributed by atoms with Crippen LogP contribution in [0, 0.1) is 5.41 Å². The Morgan fingerprint density at radius 3 is 1.94 bits per heavy atom. The van der Waals surface area contributed by atoms with Crippen molar-refractivity contribution in [3.8, 4) is 11.1 Å². The fourth-order valence-electron chi connectivity index (χ4n) is 2.82. The van der Waals surface area contributed by atoms with Crippen molar-refractivity contribution in [1.29, 1.82) is 5.41 Å². The van der Waals surface area contributed by atoms with Crippen LogP contribution in [0.5, 0.6) is 0 Å². The van der Waals surface area contributed by atoms with E-state index in [1.54, 1.807) is 0 Å². The minimum atomic E-state index is 0.476. The largest absolute Gasteiger partial charge is 0.313 e. The molecule has 0 atom stereocenters. The van der Waals surface area contributed by atoms with E-state index in [-0.39, 0.29) is 0 Å². The highest BCUT2D eigenvalue weighted by molar-refractivity contribution is 5.78. The van der Waals surface area contributed by atoms with E-state index in [1.807, 2.05) is 0 Å². The first-order valence-electron chi connectivity index (χ1n) is 6.09. The maximum atomic E-state index is 7.21. The molecule has 0 aromatic heterocycles. The summed E-state index contributed by atoms with van der Waals surface area (Å²) in [5, 5.41) is 7.21. The fourth-order valence-corrected chi connectivity index (χ4v) is 2.82. The molecule has 2 aromatic carbocycles. The zero-order chi connectivity index (χ0) is 11.7. The Labute approximate surface area is 102 Å². The average molecular weight is 221 g/mol. The monoisotopic (exact) mass is 221 g/mol. The Bertz CT molecular complexity index is 511. The molecular weight excluding hydrogens is 206 g/mol. The molecule has 0 radical (unpaired) electrons. The lowest BCUT2D eigenvalue weighted by Crippen LogP contribution is -1.96. The van der Waals surface area contributed by atoms with Crippen LogP contribution in [0.15, 0.2) is 48.5 Å². The van der Waals surface area contributed by atoms with Gasteiger partial charge in [-0.05, 0) is 41.3 Å². The van der Waals surface area contributed by atoms with Gasteiger partial charge in [-0.1, -0.05) is 48.5 Å². The summed E-state index contributed by atoms with van der Waals surface area (Å²) in [5.74, 6) is 0.476. The SMILES string of the molecule is N=CCCC1c2ccccc2-c2ccccc21. The van der Waals surface area contributed by atoms with E-state index in [9.17, 15) is 0 Å². The van der Waals surface area contributed by atoms with Crippen molar-refractivity contribution >= 4 is 6.21 Å². The number of fused-ring (bicyclic) bond motifs is 3. The Hall–Kier alpha value is -1.89. The van der Waals surface area contributed by atoms with Gasteiger partial charge in [0.25, 0.3) is 0 Å². The summed E-state index contributed by atoms with van der Waals surface area (Å²) in [4.78, 5) is 0. The van der Waals surface area contributed by atoms with Gasteiger partial charge in [-0.2, -0.15) is 0 Å². The quantitative estimate of drug-likeness (QED) is 0.750. The first kappa shape index (κ1) is 10.3. The van der Waals surface area contributed by atoms with Crippen LogP contribution in [0.25, 0.3) is 11.1 Å². The lowest BCUT2D eigenvalue weighted by atomic mass is 9.92. The number of benzene rings is 2. The second-order valence-corrected chi connectivity index (χ2v) is 4.51. The van der Waals surface area contributed by atoms with E-state index in [2.05, 4.69) is 48.5 Å². The molecule has 0 unspecified atom stereocenters. The summed E-state index contributed by atoms with van der Waals surface area (Å²) in [6.45, 7) is 0. The van der Waals surface area contributed by atoms with E-state index >= 15 is 0 Å². The van der Waals surface area contributed by atoms with E-state index in [4.69, 9.17) is 5.41 Å². The van der Waals surface area contributed by atoms with Crippen molar-refractivity contribution in [3.05, 3.63) is 59.7 Å². The van der Waals surface area contributed by atoms with Crippen LogP contribution >= 0.6 is 0 Å². The smallest absolute Gasteiger partial charge is 0.0105 e. The fraction of sp³-hybridized carbons (Fsp3) is 0.188. The first-order chi connectivity index (χ1) is 8.42. The maximum Gasteiger partial charge on any atom is 0.0105 e. The van der Waals surface area contributed by atoms with Crippen molar-refractivity contribution in [1.82, 2.24) is 0 Å². The predicted molar refractivity (Wildman–Crippen MR) is 71.7 cm³/mol. The molecule has 0 saturated heterocycles. The molecule has 0 saturated carbocycles. The van der Waals surface area contributed by atoms with Crippen molar-refractivity contribution in [2.45, 2.75) is 18.8 Å². The summed E-state index contributed by atoms with van der Waals surface area (Å²) in [6, 6.07) is 17.3. The Kier molecular flexibility index (Phi) is 2.52. The van der Waals surface area contributed by atoms with Crippen molar-refractivity contribution in [2.24, 2.45) is 0 Å². The molecule has 1 heteroatoms. The van der Waals surface area contributed by atoms with Gasteiger partial charge in [-0.3, -0.25) is 0 Å². The van der Waals surface area contributed by atoms with E-state index < -0.39 is 0 Å². The van der Waals surface area contributed by atoms with Gasteiger partial charge < -0.3 is 5.41 Å². The Morgan fingerprint density at radius 2 is 1.41 bits per heavy atom. The van der Waals surface area contributed by atoms with Crippen LogP contribution in [0.2, 0.25) is 0 Å². The van der Waals surface area contributed by atoms with E-state index in [0.717, 1.165) is 12.8 Å². The van der Waals surface area contributed by atoms with Crippen molar-refractivity contribution < 1.29 is 0 Å². The van der Waals surface area contributed by atoms with Crippen molar-refractivity contribution in [2.75, 3.05) is 0 Å². The normalized spacial score (nSPS) is 13.2. The molecule has 0 spiro atoms. The van der Waals surface area contributed by atoms with Crippen LogP contribution in [-0.2, 0) is 0 Å². The summed E-state index contributed by atoms with van der Waals surface area (Å²) in [7, 11) is 0. The molecule has 0 bridgehead atoms. The summed E-state index contributed by atoms with van der Waals surface area (Å²) < 4.78 is 0. The van der Waals surface area contributed by atoms with E-state index in [1.165, 1.54) is 28.5 Å². The van der Waals surface area contributed by atoms with Crippen molar-refractivity contribution in [3.63, 3.8) is 0 Å². The van der Waals surface area contributed by atoms with Crippen LogP contribution in [0.4, 0.5) is 0 Å². The van der Waals surface area contributed by atoms with Gasteiger partial charge in [-0.15, -0.1) is 0 Å². The zero-order valence-corrected chi connectivity index (χ0v) is 9.69. The third-order valence-corrected chi connectivity index (χ3v) is 3.56. The second-order valence-electron chi connectivity index (χ2n) is 4.51. The lowest BCUT2D eigenvalue weighted by Gasteiger charge is -2.11. The Morgan fingerprint density at radius 1 is 0.882 bits per heavy atom. The highest BCUT2D eigenvalue weighted by atomic mass is 14.3. The van der Waals surface area contributed by atoms with Crippen LogP contribution < -0.4 is 0 Å². The van der Waals surface area contributed by atoms with Crippen LogP contribution in [-0.4, -0.2) is 6.21 Å². The zero-order valence-electron chi connectivity index (χ0n) is 9.69. The molecule has 1 aliphatic carbocycles. The molecule has 1 N–H and O–H groups in total. The van der Waals surface area contributed by atoms with Gasteiger partial charge in [0.2, 0.25) is 0 Å². The first-order valence-corrected chi connectivity index (χ1v) is 6.09. The molecular formula is C16H15N. The number of nitrogens with one attached hydrogen (secondary N) is 1. The average Bonchev–Trinajstić information content (AvgIpc) is 2.71. The molecule has 0 heterocycles. The molecule has 2 aromatic rings. The molecule has 0 aliphatic heterocycles. The van der Waals surface area contributed by atoms with Crippen LogP contribution in [0.1, 0.15) is 29.9 Å². The molecule has 1 nitrogen and oxygen atoms in total. The third kappa shape index (κ3) is 1.59. The molecule has 84 valence electrons. The molecule has 3 rings (SSSR count). The maximum absolute atomic E-state index is 7.21. The molecule has 1 aliphatic rings. The highest BCUT2D eigenvalue weighted by Crippen LogP contribution is 2.46. The van der Waals surface area contributed by atoms with Gasteiger partial charge in [0.05, 0.1) is 0 Å². The summed E-state index contributed by atoms with van der Waals surface area (Å²) in [5.41, 5.74) is 5.60. The molecule has 0 amide bonds. The molecule has 0 fully saturated rings. The summed E-state index contributed by atoms with van der Waals surface area (Å²) >= 11 is 0. The number of hydrogen-bond acceptors (Lipinski definition) is 1. The highest BCUT2D eigenvalue weighted by Gasteiger charge is 2.26. The minimum Gasteiger partial charge on any atom is -0.313 e. The van der Waals surface area contributed by atoms with Gasteiger partial charge >= 0.3 is 0 Å². The third-order valence-electron chi connectivity index (χ3n) is 3.56.